The number of rotatable bonds is 6. The second-order valence-corrected chi connectivity index (χ2v) is 4.29. The molecule has 0 saturated heterocycles. The van der Waals surface area contributed by atoms with Crippen LogP contribution in [-0.4, -0.2) is 17.1 Å². The first kappa shape index (κ1) is 14.3. The molecular formula is C15H21NO2. The van der Waals surface area contributed by atoms with Gasteiger partial charge >= 0.3 is 0 Å². The summed E-state index contributed by atoms with van der Waals surface area (Å²) in [5.41, 5.74) is 0.649. The molecule has 0 aliphatic carbocycles. The van der Waals surface area contributed by atoms with Crippen LogP contribution in [0.2, 0.25) is 0 Å². The van der Waals surface area contributed by atoms with Crippen LogP contribution in [0.1, 0.15) is 38.7 Å². The lowest BCUT2D eigenvalue weighted by Crippen LogP contribution is -2.32. The van der Waals surface area contributed by atoms with Crippen molar-refractivity contribution in [1.29, 1.82) is 0 Å². The van der Waals surface area contributed by atoms with E-state index in [0.29, 0.717) is 5.56 Å². The van der Waals surface area contributed by atoms with Crippen LogP contribution in [0.3, 0.4) is 0 Å². The predicted molar refractivity (Wildman–Crippen MR) is 74.3 cm³/mol. The largest absolute Gasteiger partial charge is 0.507 e. The summed E-state index contributed by atoms with van der Waals surface area (Å²) in [6.07, 6.45) is 6.08. The first-order valence-corrected chi connectivity index (χ1v) is 6.44. The molecule has 1 atom stereocenters. The second kappa shape index (κ2) is 7.54. The van der Waals surface area contributed by atoms with Gasteiger partial charge in [-0.05, 0) is 25.0 Å². The summed E-state index contributed by atoms with van der Waals surface area (Å²) in [4.78, 5) is 11.7. The molecule has 3 nitrogen and oxygen atoms in total. The van der Waals surface area contributed by atoms with Crippen molar-refractivity contribution >= 4 is 12.0 Å². The van der Waals surface area contributed by atoms with Gasteiger partial charge in [0.25, 0.3) is 0 Å². The number of nitrogens with one attached hydrogen (secondary N) is 1. The van der Waals surface area contributed by atoms with Gasteiger partial charge in [-0.1, -0.05) is 38.5 Å². The Morgan fingerprint density at radius 2 is 2.11 bits per heavy atom. The van der Waals surface area contributed by atoms with E-state index in [4.69, 9.17) is 0 Å². The van der Waals surface area contributed by atoms with E-state index in [9.17, 15) is 9.90 Å². The highest BCUT2D eigenvalue weighted by Gasteiger charge is 2.06. The molecule has 0 heterocycles. The molecule has 98 valence electrons. The zero-order chi connectivity index (χ0) is 13.4. The molecule has 0 radical (unpaired) electrons. The minimum atomic E-state index is -0.112. The Morgan fingerprint density at radius 3 is 2.72 bits per heavy atom. The fourth-order valence-electron chi connectivity index (χ4n) is 1.77. The SMILES string of the molecule is CCCC(CC)NC(=O)/C=C/c1ccccc1O. The average molecular weight is 247 g/mol. The van der Waals surface area contributed by atoms with Crippen LogP contribution in [-0.2, 0) is 4.79 Å². The Kier molecular flexibility index (Phi) is 5.98. The Hall–Kier alpha value is -1.77. The number of hydrogen-bond acceptors (Lipinski definition) is 2. The summed E-state index contributed by atoms with van der Waals surface area (Å²) in [6, 6.07) is 7.17. The van der Waals surface area contributed by atoms with E-state index in [1.54, 1.807) is 24.3 Å². The Bertz CT molecular complexity index is 413. The van der Waals surface area contributed by atoms with Crippen molar-refractivity contribution in [3.05, 3.63) is 35.9 Å². The van der Waals surface area contributed by atoms with Gasteiger partial charge in [0.1, 0.15) is 5.75 Å². The van der Waals surface area contributed by atoms with Gasteiger partial charge in [-0.2, -0.15) is 0 Å². The van der Waals surface area contributed by atoms with Crippen LogP contribution in [0.4, 0.5) is 0 Å². The van der Waals surface area contributed by atoms with Crippen molar-refractivity contribution in [2.75, 3.05) is 0 Å². The van der Waals surface area contributed by atoms with Crippen LogP contribution < -0.4 is 5.32 Å². The smallest absolute Gasteiger partial charge is 0.244 e. The molecule has 1 unspecified atom stereocenters. The lowest BCUT2D eigenvalue weighted by atomic mass is 10.1. The third-order valence-electron chi connectivity index (χ3n) is 2.83. The molecule has 0 aliphatic rings. The predicted octanol–water partition coefficient (Wildman–Crippen LogP) is 3.10. The standard InChI is InChI=1S/C15H21NO2/c1-3-7-13(4-2)16-15(18)11-10-12-8-5-6-9-14(12)17/h5-6,8-11,13,17H,3-4,7H2,1-2H3,(H,16,18)/b11-10+. The van der Waals surface area contributed by atoms with Gasteiger partial charge in [0.2, 0.25) is 5.91 Å². The Balaban J connectivity index is 2.57. The molecule has 1 amide bonds. The lowest BCUT2D eigenvalue weighted by Gasteiger charge is -2.14. The van der Waals surface area contributed by atoms with Gasteiger partial charge in [0.15, 0.2) is 0 Å². The Labute approximate surface area is 109 Å². The van der Waals surface area contributed by atoms with Gasteiger partial charge in [-0.3, -0.25) is 4.79 Å². The van der Waals surface area contributed by atoms with Gasteiger partial charge < -0.3 is 10.4 Å². The molecule has 1 aromatic carbocycles. The van der Waals surface area contributed by atoms with Gasteiger partial charge in [0.05, 0.1) is 0 Å². The third-order valence-corrected chi connectivity index (χ3v) is 2.83. The molecule has 0 aromatic heterocycles. The first-order valence-electron chi connectivity index (χ1n) is 6.44. The van der Waals surface area contributed by atoms with Crippen molar-refractivity contribution in [3.63, 3.8) is 0 Å². The van der Waals surface area contributed by atoms with E-state index >= 15 is 0 Å². The van der Waals surface area contributed by atoms with Crippen molar-refractivity contribution < 1.29 is 9.90 Å². The Morgan fingerprint density at radius 1 is 1.39 bits per heavy atom. The molecule has 0 saturated carbocycles. The number of amides is 1. The number of carbonyl (C=O) groups excluding carboxylic acids is 1. The van der Waals surface area contributed by atoms with E-state index in [0.717, 1.165) is 19.3 Å². The van der Waals surface area contributed by atoms with Gasteiger partial charge in [0, 0.05) is 17.7 Å². The highest BCUT2D eigenvalue weighted by molar-refractivity contribution is 5.92. The van der Waals surface area contributed by atoms with E-state index < -0.39 is 0 Å². The van der Waals surface area contributed by atoms with E-state index in [1.807, 2.05) is 6.07 Å². The second-order valence-electron chi connectivity index (χ2n) is 4.29. The van der Waals surface area contributed by atoms with E-state index in [2.05, 4.69) is 19.2 Å². The minimum absolute atomic E-state index is 0.112. The number of para-hydroxylation sites is 1. The fourth-order valence-corrected chi connectivity index (χ4v) is 1.77. The molecular weight excluding hydrogens is 226 g/mol. The highest BCUT2D eigenvalue weighted by Crippen LogP contribution is 2.16. The summed E-state index contributed by atoms with van der Waals surface area (Å²) in [5, 5.41) is 12.5. The first-order chi connectivity index (χ1) is 8.67. The number of phenols is 1. The van der Waals surface area contributed by atoms with Crippen LogP contribution in [0.5, 0.6) is 5.75 Å². The molecule has 18 heavy (non-hydrogen) atoms. The molecule has 0 spiro atoms. The lowest BCUT2D eigenvalue weighted by molar-refractivity contribution is -0.117. The topological polar surface area (TPSA) is 49.3 Å². The molecule has 1 aromatic rings. The molecule has 0 bridgehead atoms. The summed E-state index contributed by atoms with van der Waals surface area (Å²) < 4.78 is 0. The number of aromatic hydroxyl groups is 1. The van der Waals surface area contributed by atoms with E-state index in [1.165, 1.54) is 6.08 Å². The van der Waals surface area contributed by atoms with Crippen molar-refractivity contribution in [2.45, 2.75) is 39.2 Å². The van der Waals surface area contributed by atoms with Gasteiger partial charge in [-0.25, -0.2) is 0 Å². The minimum Gasteiger partial charge on any atom is -0.507 e. The van der Waals surface area contributed by atoms with Crippen LogP contribution >= 0.6 is 0 Å². The summed E-state index contributed by atoms with van der Waals surface area (Å²) in [6.45, 7) is 4.17. The third kappa shape index (κ3) is 4.62. The molecule has 3 heteroatoms. The maximum Gasteiger partial charge on any atom is 0.244 e. The number of hydrogen-bond donors (Lipinski definition) is 2. The molecule has 2 N–H and O–H groups in total. The zero-order valence-electron chi connectivity index (χ0n) is 11.0. The fraction of sp³-hybridized carbons (Fsp3) is 0.400. The van der Waals surface area contributed by atoms with Crippen molar-refractivity contribution in [2.24, 2.45) is 0 Å². The quantitative estimate of drug-likeness (QED) is 0.759. The average Bonchev–Trinajstić information content (AvgIpc) is 2.37. The molecule has 0 fully saturated rings. The summed E-state index contributed by atoms with van der Waals surface area (Å²) >= 11 is 0. The van der Waals surface area contributed by atoms with Crippen molar-refractivity contribution in [3.8, 4) is 5.75 Å². The zero-order valence-corrected chi connectivity index (χ0v) is 11.0. The summed E-state index contributed by atoms with van der Waals surface area (Å²) in [5.74, 6) is 0.0701. The number of benzene rings is 1. The maximum atomic E-state index is 11.7. The number of carbonyl (C=O) groups is 1. The molecule has 1 rings (SSSR count). The molecule has 0 aliphatic heterocycles. The van der Waals surface area contributed by atoms with E-state index in [-0.39, 0.29) is 17.7 Å². The van der Waals surface area contributed by atoms with Crippen LogP contribution in [0.25, 0.3) is 6.08 Å². The van der Waals surface area contributed by atoms with Crippen molar-refractivity contribution in [1.82, 2.24) is 5.32 Å². The highest BCUT2D eigenvalue weighted by atomic mass is 16.3. The summed E-state index contributed by atoms with van der Waals surface area (Å²) in [7, 11) is 0. The maximum absolute atomic E-state index is 11.7. The van der Waals surface area contributed by atoms with Crippen LogP contribution in [0, 0.1) is 0 Å². The van der Waals surface area contributed by atoms with Crippen LogP contribution in [0.15, 0.2) is 30.3 Å². The monoisotopic (exact) mass is 247 g/mol. The van der Waals surface area contributed by atoms with Gasteiger partial charge in [-0.15, -0.1) is 0 Å². The normalized spacial score (nSPS) is 12.6. The number of phenolic OH excluding ortho intramolecular Hbond substituents is 1.